The molecule has 1 fully saturated rings. The van der Waals surface area contributed by atoms with E-state index in [0.717, 1.165) is 0 Å². The summed E-state index contributed by atoms with van der Waals surface area (Å²) in [6.45, 7) is -0.345. The number of ether oxygens (including phenoxy) is 4. The summed E-state index contributed by atoms with van der Waals surface area (Å²) in [5.41, 5.74) is 1.12. The lowest BCUT2D eigenvalue weighted by molar-refractivity contribution is -0.0511. The van der Waals surface area contributed by atoms with Crippen molar-refractivity contribution in [1.82, 2.24) is 19.5 Å². The van der Waals surface area contributed by atoms with E-state index in [-0.39, 0.29) is 12.3 Å². The van der Waals surface area contributed by atoms with Crippen molar-refractivity contribution in [1.29, 1.82) is 0 Å². The largest absolute Gasteiger partial charge is 0.507 e. The Bertz CT molecular complexity index is 1140. The van der Waals surface area contributed by atoms with E-state index in [1.165, 1.54) is 44.6 Å². The van der Waals surface area contributed by atoms with E-state index in [1.54, 1.807) is 0 Å². The number of nitrogens with one attached hydrogen (secondary N) is 1. The summed E-state index contributed by atoms with van der Waals surface area (Å²) >= 11 is 0. The number of phenols is 1. The van der Waals surface area contributed by atoms with E-state index in [1.807, 2.05) is 0 Å². The quantitative estimate of drug-likeness (QED) is 0.298. The highest BCUT2D eigenvalue weighted by Gasteiger charge is 2.44. The number of hydrogen-bond donors (Lipinski definition) is 5. The van der Waals surface area contributed by atoms with Gasteiger partial charge in [-0.05, 0) is 0 Å². The number of aliphatic hydroxyl groups is 3. The van der Waals surface area contributed by atoms with Gasteiger partial charge in [0, 0.05) is 12.6 Å². The molecule has 5 N–H and O–H groups in total. The van der Waals surface area contributed by atoms with Gasteiger partial charge in [0.1, 0.15) is 30.4 Å². The Hall–Kier alpha value is -3.39. The highest BCUT2D eigenvalue weighted by molar-refractivity contribution is 5.82. The molecule has 13 heteroatoms. The first-order valence-electron chi connectivity index (χ1n) is 9.99. The van der Waals surface area contributed by atoms with Crippen molar-refractivity contribution in [2.24, 2.45) is 0 Å². The van der Waals surface area contributed by atoms with Crippen LogP contribution in [0.25, 0.3) is 11.2 Å². The van der Waals surface area contributed by atoms with E-state index in [4.69, 9.17) is 18.9 Å². The lowest BCUT2D eigenvalue weighted by Crippen LogP contribution is -2.33. The standard InChI is InChI=1S/C20H25N5O8/c1-30-11-4-10(27)9(16(31-2)17(11)32-3)5-21-18-13-19(23-7-22-18)25(8-24-13)20-15(29)14(28)12(6-26)33-20/h4,7-8,12,14-15,20,26-29H,5-6H2,1-3H3,(H,21,22,23)/t12-,14-,15+,20?/m1/s1. The molecule has 0 spiro atoms. The fraction of sp³-hybridized carbons (Fsp3) is 0.450. The molecule has 0 bridgehead atoms. The van der Waals surface area contributed by atoms with Gasteiger partial charge in [0.05, 0.1) is 39.8 Å². The lowest BCUT2D eigenvalue weighted by Gasteiger charge is -2.18. The molecule has 1 saturated heterocycles. The van der Waals surface area contributed by atoms with Gasteiger partial charge in [-0.15, -0.1) is 0 Å². The molecule has 0 amide bonds. The Morgan fingerprint density at radius 3 is 2.45 bits per heavy atom. The van der Waals surface area contributed by atoms with Gasteiger partial charge in [-0.1, -0.05) is 0 Å². The molecule has 0 saturated carbocycles. The van der Waals surface area contributed by atoms with Gasteiger partial charge in [0.25, 0.3) is 0 Å². The van der Waals surface area contributed by atoms with Crippen LogP contribution in [0.2, 0.25) is 0 Å². The number of nitrogens with zero attached hydrogens (tertiary/aromatic N) is 4. The molecule has 178 valence electrons. The van der Waals surface area contributed by atoms with E-state index in [9.17, 15) is 20.4 Å². The van der Waals surface area contributed by atoms with Gasteiger partial charge >= 0.3 is 0 Å². The average Bonchev–Trinajstić information content (AvgIpc) is 3.38. The normalized spacial score (nSPS) is 22.5. The summed E-state index contributed by atoms with van der Waals surface area (Å²) in [6.07, 6.45) is -1.74. The molecule has 3 aromatic rings. The molecule has 0 radical (unpaired) electrons. The zero-order chi connectivity index (χ0) is 23.7. The molecular weight excluding hydrogens is 438 g/mol. The third-order valence-corrected chi connectivity index (χ3v) is 5.49. The Balaban J connectivity index is 1.64. The fourth-order valence-corrected chi connectivity index (χ4v) is 3.82. The zero-order valence-corrected chi connectivity index (χ0v) is 18.2. The molecule has 1 aliphatic rings. The number of phenolic OH excluding ortho intramolecular Hbond substituents is 1. The SMILES string of the molecule is COc1cc(O)c(CNc2ncnc3c2ncn3C2O[C@H](CO)[C@@H](O)[C@@H]2O)c(OC)c1OC. The van der Waals surface area contributed by atoms with E-state index < -0.39 is 31.1 Å². The first kappa shape index (κ1) is 22.8. The van der Waals surface area contributed by atoms with Crippen LogP contribution in [0, 0.1) is 0 Å². The van der Waals surface area contributed by atoms with E-state index in [2.05, 4.69) is 20.3 Å². The van der Waals surface area contributed by atoms with Crippen LogP contribution in [-0.2, 0) is 11.3 Å². The van der Waals surface area contributed by atoms with Crippen LogP contribution >= 0.6 is 0 Å². The number of rotatable bonds is 8. The van der Waals surface area contributed by atoms with E-state index >= 15 is 0 Å². The molecule has 1 aromatic carbocycles. The van der Waals surface area contributed by atoms with Crippen LogP contribution in [0.5, 0.6) is 23.0 Å². The summed E-state index contributed by atoms with van der Waals surface area (Å²) in [6, 6.07) is 1.42. The number of methoxy groups -OCH3 is 3. The van der Waals surface area contributed by atoms with Gasteiger partial charge < -0.3 is 44.7 Å². The minimum atomic E-state index is -1.28. The first-order valence-corrected chi connectivity index (χ1v) is 9.99. The molecule has 33 heavy (non-hydrogen) atoms. The number of anilines is 1. The number of hydrogen-bond acceptors (Lipinski definition) is 12. The van der Waals surface area contributed by atoms with Gasteiger partial charge in [-0.2, -0.15) is 0 Å². The van der Waals surface area contributed by atoms with Crippen molar-refractivity contribution in [3.63, 3.8) is 0 Å². The maximum absolute atomic E-state index is 10.5. The highest BCUT2D eigenvalue weighted by Crippen LogP contribution is 2.45. The number of fused-ring (bicyclic) bond motifs is 1. The molecule has 1 unspecified atom stereocenters. The highest BCUT2D eigenvalue weighted by atomic mass is 16.6. The van der Waals surface area contributed by atoms with Crippen molar-refractivity contribution in [3.05, 3.63) is 24.3 Å². The number of aromatic nitrogens is 4. The Morgan fingerprint density at radius 2 is 1.82 bits per heavy atom. The predicted octanol–water partition coefficient (Wildman–Crippen LogP) is -0.219. The molecular formula is C20H25N5O8. The maximum atomic E-state index is 10.5. The first-order chi connectivity index (χ1) is 15.9. The topological polar surface area (TPSA) is 173 Å². The number of benzene rings is 1. The van der Waals surface area contributed by atoms with Crippen LogP contribution in [0.3, 0.4) is 0 Å². The molecule has 1 aliphatic heterocycles. The molecule has 3 heterocycles. The maximum Gasteiger partial charge on any atom is 0.203 e. The second-order valence-corrected chi connectivity index (χ2v) is 7.27. The van der Waals surface area contributed by atoms with Crippen LogP contribution in [0.4, 0.5) is 5.82 Å². The van der Waals surface area contributed by atoms with Crippen molar-refractivity contribution >= 4 is 17.0 Å². The van der Waals surface area contributed by atoms with Crippen molar-refractivity contribution < 1.29 is 39.4 Å². The van der Waals surface area contributed by atoms with Crippen molar-refractivity contribution in [2.45, 2.75) is 31.1 Å². The number of aromatic hydroxyl groups is 1. The van der Waals surface area contributed by atoms with Gasteiger partial charge in [-0.3, -0.25) is 4.57 Å². The third kappa shape index (κ3) is 3.84. The molecule has 4 atom stereocenters. The second-order valence-electron chi connectivity index (χ2n) is 7.27. The smallest absolute Gasteiger partial charge is 0.203 e. The second kappa shape index (κ2) is 9.23. The fourth-order valence-electron chi connectivity index (χ4n) is 3.82. The Kier molecular flexibility index (Phi) is 6.37. The molecule has 2 aromatic heterocycles. The monoisotopic (exact) mass is 463 g/mol. The summed E-state index contributed by atoms with van der Waals surface area (Å²) in [5, 5.41) is 43.3. The Morgan fingerprint density at radius 1 is 1.06 bits per heavy atom. The molecule has 4 rings (SSSR count). The number of aliphatic hydroxyl groups excluding tert-OH is 3. The van der Waals surface area contributed by atoms with Crippen LogP contribution in [0.1, 0.15) is 11.8 Å². The molecule has 0 aliphatic carbocycles. The summed E-state index contributed by atoms with van der Waals surface area (Å²) < 4.78 is 23.1. The Labute approximate surface area is 188 Å². The van der Waals surface area contributed by atoms with Crippen molar-refractivity contribution in [3.8, 4) is 23.0 Å². The number of imidazole rings is 1. The summed E-state index contributed by atoms with van der Waals surface area (Å²) in [5.74, 6) is 1.22. The predicted molar refractivity (Wildman–Crippen MR) is 113 cm³/mol. The van der Waals surface area contributed by atoms with Crippen molar-refractivity contribution in [2.75, 3.05) is 33.3 Å². The molecule has 13 nitrogen and oxygen atoms in total. The van der Waals surface area contributed by atoms with E-state index in [0.29, 0.717) is 39.8 Å². The van der Waals surface area contributed by atoms with Gasteiger partial charge in [0.15, 0.2) is 34.7 Å². The van der Waals surface area contributed by atoms with Crippen LogP contribution < -0.4 is 19.5 Å². The third-order valence-electron chi connectivity index (χ3n) is 5.49. The van der Waals surface area contributed by atoms with Gasteiger partial charge in [0.2, 0.25) is 5.75 Å². The van der Waals surface area contributed by atoms with Crippen LogP contribution in [-0.4, -0.2) is 86.2 Å². The minimum Gasteiger partial charge on any atom is -0.507 e. The minimum absolute atomic E-state index is 0.0701. The van der Waals surface area contributed by atoms with Crippen LogP contribution in [0.15, 0.2) is 18.7 Å². The lowest BCUT2D eigenvalue weighted by atomic mass is 10.1. The summed E-state index contributed by atoms with van der Waals surface area (Å²) in [4.78, 5) is 12.7. The van der Waals surface area contributed by atoms with Gasteiger partial charge in [-0.25, -0.2) is 15.0 Å². The average molecular weight is 463 g/mol. The zero-order valence-electron chi connectivity index (χ0n) is 18.2. The summed E-state index contributed by atoms with van der Waals surface area (Å²) in [7, 11) is 4.37.